The number of rotatable bonds is 6. The van der Waals surface area contributed by atoms with Crippen molar-refractivity contribution in [2.24, 2.45) is 4.99 Å². The van der Waals surface area contributed by atoms with E-state index in [0.29, 0.717) is 12.6 Å². The van der Waals surface area contributed by atoms with Gasteiger partial charge in [-0.2, -0.15) is 0 Å². The molecule has 4 rings (SSSR count). The minimum atomic E-state index is -0.789. The van der Waals surface area contributed by atoms with E-state index in [1.165, 1.54) is 38.1 Å². The van der Waals surface area contributed by atoms with Gasteiger partial charge in [0, 0.05) is 58.0 Å². The van der Waals surface area contributed by atoms with Crippen LogP contribution in [0.5, 0.6) is 0 Å². The van der Waals surface area contributed by atoms with Gasteiger partial charge in [0.15, 0.2) is 17.6 Å². The maximum absolute atomic E-state index is 13.5. The van der Waals surface area contributed by atoms with Gasteiger partial charge < -0.3 is 15.4 Å². The average Bonchev–Trinajstić information content (AvgIpc) is 3.37. The quantitative estimate of drug-likeness (QED) is 0.517. The Bertz CT molecular complexity index is 770. The lowest BCUT2D eigenvalue weighted by Gasteiger charge is -2.45. The SMILES string of the molecule is CN=C(NCC1(N2CCCC2)CCOCC1)NC1CCN(Cc2ccc(F)c(F)c2)CC1. The minimum absolute atomic E-state index is 0.167. The molecule has 3 fully saturated rings. The molecular weight excluding hydrogens is 412 g/mol. The monoisotopic (exact) mass is 449 g/mol. The van der Waals surface area contributed by atoms with Gasteiger partial charge in [-0.05, 0) is 69.3 Å². The summed E-state index contributed by atoms with van der Waals surface area (Å²) in [7, 11) is 1.83. The summed E-state index contributed by atoms with van der Waals surface area (Å²) in [5, 5.41) is 7.22. The van der Waals surface area contributed by atoms with Gasteiger partial charge in [-0.1, -0.05) is 6.07 Å². The second-order valence-corrected chi connectivity index (χ2v) is 9.40. The summed E-state index contributed by atoms with van der Waals surface area (Å²) in [6, 6.07) is 4.54. The summed E-state index contributed by atoms with van der Waals surface area (Å²) >= 11 is 0. The number of halogens is 2. The van der Waals surface area contributed by atoms with Gasteiger partial charge in [0.05, 0.1) is 0 Å². The molecule has 3 aliphatic heterocycles. The van der Waals surface area contributed by atoms with Crippen molar-refractivity contribution in [2.75, 3.05) is 53.0 Å². The zero-order valence-electron chi connectivity index (χ0n) is 19.2. The van der Waals surface area contributed by atoms with Crippen molar-refractivity contribution in [2.45, 2.75) is 56.7 Å². The Kier molecular flexibility index (Phi) is 7.97. The lowest BCUT2D eigenvalue weighted by atomic mass is 9.88. The first-order valence-corrected chi connectivity index (χ1v) is 12.0. The first-order chi connectivity index (χ1) is 15.6. The lowest BCUT2D eigenvalue weighted by Crippen LogP contribution is -2.59. The van der Waals surface area contributed by atoms with Crippen molar-refractivity contribution >= 4 is 5.96 Å². The highest BCUT2D eigenvalue weighted by Gasteiger charge is 2.39. The lowest BCUT2D eigenvalue weighted by molar-refractivity contribution is -0.0164. The van der Waals surface area contributed by atoms with Crippen molar-refractivity contribution in [1.82, 2.24) is 20.4 Å². The number of likely N-dealkylation sites (tertiary alicyclic amines) is 2. The fourth-order valence-corrected chi connectivity index (χ4v) is 5.32. The Balaban J connectivity index is 1.25. The summed E-state index contributed by atoms with van der Waals surface area (Å²) in [5.74, 6) is -0.693. The van der Waals surface area contributed by atoms with Crippen molar-refractivity contribution in [3.05, 3.63) is 35.4 Å². The molecule has 0 spiro atoms. The van der Waals surface area contributed by atoms with E-state index in [2.05, 4.69) is 25.4 Å². The van der Waals surface area contributed by atoms with Crippen molar-refractivity contribution in [1.29, 1.82) is 0 Å². The van der Waals surface area contributed by atoms with Crippen LogP contribution in [0.2, 0.25) is 0 Å². The van der Waals surface area contributed by atoms with Gasteiger partial charge in [-0.25, -0.2) is 8.78 Å². The zero-order chi connectivity index (χ0) is 22.4. The molecule has 2 N–H and O–H groups in total. The molecule has 6 nitrogen and oxygen atoms in total. The molecule has 0 saturated carbocycles. The smallest absolute Gasteiger partial charge is 0.191 e. The Labute approximate surface area is 190 Å². The number of hydrogen-bond donors (Lipinski definition) is 2. The predicted octanol–water partition coefficient (Wildman–Crippen LogP) is 2.74. The van der Waals surface area contributed by atoms with Crippen LogP contribution in [0.3, 0.4) is 0 Å². The highest BCUT2D eigenvalue weighted by atomic mass is 19.2. The molecule has 0 bridgehead atoms. The van der Waals surface area contributed by atoms with E-state index in [1.54, 1.807) is 6.07 Å². The third-order valence-corrected chi connectivity index (χ3v) is 7.33. The maximum atomic E-state index is 13.5. The molecule has 3 saturated heterocycles. The summed E-state index contributed by atoms with van der Waals surface area (Å²) in [6.45, 7) is 7.42. The van der Waals surface area contributed by atoms with Gasteiger partial charge in [0.1, 0.15) is 0 Å². The Morgan fingerprint density at radius 3 is 2.47 bits per heavy atom. The third kappa shape index (κ3) is 5.77. The van der Waals surface area contributed by atoms with Crippen LogP contribution >= 0.6 is 0 Å². The second-order valence-electron chi connectivity index (χ2n) is 9.40. The molecule has 0 aromatic heterocycles. The largest absolute Gasteiger partial charge is 0.381 e. The van der Waals surface area contributed by atoms with E-state index < -0.39 is 11.6 Å². The van der Waals surface area contributed by atoms with Gasteiger partial charge in [-0.15, -0.1) is 0 Å². The molecule has 0 unspecified atom stereocenters. The van der Waals surface area contributed by atoms with E-state index in [9.17, 15) is 8.78 Å². The van der Waals surface area contributed by atoms with Crippen LogP contribution in [0.4, 0.5) is 8.78 Å². The van der Waals surface area contributed by atoms with Crippen molar-refractivity contribution < 1.29 is 13.5 Å². The second kappa shape index (κ2) is 10.9. The molecule has 1 aromatic rings. The standard InChI is InChI=1S/C24H37F2N5O/c1-27-23(28-18-24(8-14-32-15-9-24)31-10-2-3-11-31)29-20-6-12-30(13-7-20)17-19-4-5-21(25)22(26)16-19/h4-5,16,20H,2-3,6-15,17-18H2,1H3,(H2,27,28,29). The van der Waals surface area contributed by atoms with Crippen LogP contribution in [0, 0.1) is 11.6 Å². The Hall–Kier alpha value is -1.77. The molecule has 0 radical (unpaired) electrons. The van der Waals surface area contributed by atoms with Crippen LogP contribution in [0.1, 0.15) is 44.1 Å². The zero-order valence-corrected chi connectivity index (χ0v) is 19.2. The first kappa shape index (κ1) is 23.4. The number of benzene rings is 1. The fourth-order valence-electron chi connectivity index (χ4n) is 5.32. The Morgan fingerprint density at radius 2 is 1.81 bits per heavy atom. The number of nitrogens with zero attached hydrogens (tertiary/aromatic N) is 3. The Morgan fingerprint density at radius 1 is 1.09 bits per heavy atom. The van der Waals surface area contributed by atoms with Gasteiger partial charge >= 0.3 is 0 Å². The number of guanidine groups is 1. The summed E-state index contributed by atoms with van der Waals surface area (Å²) in [4.78, 5) is 9.44. The molecule has 0 aliphatic carbocycles. The number of hydrogen-bond acceptors (Lipinski definition) is 4. The van der Waals surface area contributed by atoms with E-state index >= 15 is 0 Å². The molecule has 32 heavy (non-hydrogen) atoms. The van der Waals surface area contributed by atoms with E-state index in [1.807, 2.05) is 7.05 Å². The van der Waals surface area contributed by atoms with Crippen LogP contribution in [-0.2, 0) is 11.3 Å². The average molecular weight is 450 g/mol. The molecule has 3 heterocycles. The number of piperidine rings is 1. The van der Waals surface area contributed by atoms with Crippen LogP contribution in [0.15, 0.2) is 23.2 Å². The molecule has 0 atom stereocenters. The molecule has 8 heteroatoms. The maximum Gasteiger partial charge on any atom is 0.191 e. The number of aliphatic imine (C=N–C) groups is 1. The summed E-state index contributed by atoms with van der Waals surface area (Å²) in [5.41, 5.74) is 0.983. The van der Waals surface area contributed by atoms with E-state index in [0.717, 1.165) is 70.1 Å². The highest BCUT2D eigenvalue weighted by Crippen LogP contribution is 2.30. The van der Waals surface area contributed by atoms with E-state index in [4.69, 9.17) is 4.74 Å². The highest BCUT2D eigenvalue weighted by molar-refractivity contribution is 5.80. The number of ether oxygens (including phenoxy) is 1. The third-order valence-electron chi connectivity index (χ3n) is 7.33. The minimum Gasteiger partial charge on any atom is -0.381 e. The van der Waals surface area contributed by atoms with Crippen molar-refractivity contribution in [3.8, 4) is 0 Å². The number of nitrogens with one attached hydrogen (secondary N) is 2. The normalized spacial score (nSPS) is 23.4. The van der Waals surface area contributed by atoms with Gasteiger partial charge in [0.25, 0.3) is 0 Å². The van der Waals surface area contributed by atoms with Crippen LogP contribution < -0.4 is 10.6 Å². The summed E-state index contributed by atoms with van der Waals surface area (Å²) < 4.78 is 32.3. The molecule has 0 amide bonds. The first-order valence-electron chi connectivity index (χ1n) is 12.0. The summed E-state index contributed by atoms with van der Waals surface area (Å²) in [6.07, 6.45) is 6.71. The van der Waals surface area contributed by atoms with Gasteiger partial charge in [-0.3, -0.25) is 14.8 Å². The molecule has 178 valence electrons. The van der Waals surface area contributed by atoms with E-state index in [-0.39, 0.29) is 5.54 Å². The molecule has 1 aromatic carbocycles. The van der Waals surface area contributed by atoms with Crippen LogP contribution in [-0.4, -0.2) is 80.3 Å². The topological polar surface area (TPSA) is 52.1 Å². The predicted molar refractivity (Wildman–Crippen MR) is 123 cm³/mol. The molecular formula is C24H37F2N5O. The van der Waals surface area contributed by atoms with Gasteiger partial charge in [0.2, 0.25) is 0 Å². The van der Waals surface area contributed by atoms with Crippen molar-refractivity contribution in [3.63, 3.8) is 0 Å². The molecule has 3 aliphatic rings. The fraction of sp³-hybridized carbons (Fsp3) is 0.708. The van der Waals surface area contributed by atoms with Crippen LogP contribution in [0.25, 0.3) is 0 Å².